The first-order valence-corrected chi connectivity index (χ1v) is 9.20. The van der Waals surface area contributed by atoms with Gasteiger partial charge in [0.05, 0.1) is 6.54 Å². The molecule has 0 unspecified atom stereocenters. The number of likely N-dealkylation sites (N-methyl/N-ethyl adjacent to an activating group) is 1. The van der Waals surface area contributed by atoms with E-state index in [1.165, 1.54) is 0 Å². The molecule has 0 fully saturated rings. The Morgan fingerprint density at radius 3 is 2.93 bits per heavy atom. The first-order chi connectivity index (χ1) is 13.1. The number of benzene rings is 1. The van der Waals surface area contributed by atoms with Crippen LogP contribution in [0.5, 0.6) is 0 Å². The minimum absolute atomic E-state index is 0.386. The second kappa shape index (κ2) is 11.5. The first kappa shape index (κ1) is 21.1. The van der Waals surface area contributed by atoms with Gasteiger partial charge in [-0.05, 0) is 25.6 Å². The van der Waals surface area contributed by atoms with Gasteiger partial charge in [-0.3, -0.25) is 4.99 Å². The summed E-state index contributed by atoms with van der Waals surface area (Å²) in [6, 6.07) is 7.34. The van der Waals surface area contributed by atoms with Crippen LogP contribution >= 0.6 is 11.6 Å². The smallest absolute Gasteiger partial charge is 0.246 e. The van der Waals surface area contributed by atoms with Gasteiger partial charge in [0.2, 0.25) is 11.7 Å². The van der Waals surface area contributed by atoms with Crippen LogP contribution in [0.3, 0.4) is 0 Å². The number of methoxy groups -OCH3 is 1. The Bertz CT molecular complexity index is 721. The topological polar surface area (TPSA) is 87.8 Å². The van der Waals surface area contributed by atoms with Crippen molar-refractivity contribution in [3.05, 3.63) is 35.2 Å². The predicted octanol–water partition coefficient (Wildman–Crippen LogP) is 2.02. The summed E-state index contributed by atoms with van der Waals surface area (Å²) in [6.45, 7) is 3.85. The zero-order chi connectivity index (χ0) is 19.5. The molecule has 0 aliphatic carbocycles. The van der Waals surface area contributed by atoms with E-state index < -0.39 is 0 Å². The molecule has 27 heavy (non-hydrogen) atoms. The maximum atomic E-state index is 6.00. The van der Waals surface area contributed by atoms with Crippen molar-refractivity contribution in [2.75, 3.05) is 47.4 Å². The van der Waals surface area contributed by atoms with E-state index in [0.717, 1.165) is 38.2 Å². The standard InChI is InChI=1S/C18H27ClN6O2/c1-20-18(21-8-10-25(2)9-5-11-26-3)22-13-16-23-17(24-27-16)14-6-4-7-15(19)12-14/h4,6-7,12H,5,8-11,13H2,1-3H3,(H2,20,21,22). The molecule has 8 nitrogen and oxygen atoms in total. The van der Waals surface area contributed by atoms with Crippen molar-refractivity contribution in [1.29, 1.82) is 0 Å². The maximum Gasteiger partial charge on any atom is 0.246 e. The molecule has 0 atom stereocenters. The van der Waals surface area contributed by atoms with Gasteiger partial charge in [-0.2, -0.15) is 4.98 Å². The summed E-state index contributed by atoms with van der Waals surface area (Å²) in [4.78, 5) is 10.8. The lowest BCUT2D eigenvalue weighted by Crippen LogP contribution is -2.40. The number of aliphatic imine (C=N–C) groups is 1. The molecule has 0 saturated carbocycles. The highest BCUT2D eigenvalue weighted by Crippen LogP contribution is 2.19. The van der Waals surface area contributed by atoms with Gasteiger partial charge in [0, 0.05) is 51.0 Å². The SMILES string of the molecule is CN=C(NCCN(C)CCCOC)NCc1nc(-c2cccc(Cl)c2)no1. The largest absolute Gasteiger partial charge is 0.385 e. The third-order valence-electron chi connectivity index (χ3n) is 3.86. The highest BCUT2D eigenvalue weighted by Gasteiger charge is 2.09. The van der Waals surface area contributed by atoms with Gasteiger partial charge < -0.3 is 24.8 Å². The van der Waals surface area contributed by atoms with Crippen LogP contribution in [0.25, 0.3) is 11.4 Å². The monoisotopic (exact) mass is 394 g/mol. The van der Waals surface area contributed by atoms with Crippen LogP contribution in [0.15, 0.2) is 33.8 Å². The van der Waals surface area contributed by atoms with Gasteiger partial charge in [-0.15, -0.1) is 0 Å². The molecule has 0 saturated heterocycles. The molecule has 2 rings (SSSR count). The summed E-state index contributed by atoms with van der Waals surface area (Å²) in [5.74, 6) is 1.67. The Morgan fingerprint density at radius 1 is 1.33 bits per heavy atom. The van der Waals surface area contributed by atoms with Crippen LogP contribution in [0.4, 0.5) is 0 Å². The van der Waals surface area contributed by atoms with Crippen molar-refractivity contribution in [2.24, 2.45) is 4.99 Å². The summed E-state index contributed by atoms with van der Waals surface area (Å²) >= 11 is 6.00. The lowest BCUT2D eigenvalue weighted by Gasteiger charge is -2.17. The lowest BCUT2D eigenvalue weighted by molar-refractivity contribution is 0.180. The molecule has 148 valence electrons. The second-order valence-electron chi connectivity index (χ2n) is 6.02. The van der Waals surface area contributed by atoms with Crippen molar-refractivity contribution >= 4 is 17.6 Å². The number of nitrogens with zero attached hydrogens (tertiary/aromatic N) is 4. The quantitative estimate of drug-likeness (QED) is 0.362. The van der Waals surface area contributed by atoms with Gasteiger partial charge in [-0.25, -0.2) is 0 Å². The van der Waals surface area contributed by atoms with E-state index in [-0.39, 0.29) is 0 Å². The van der Waals surface area contributed by atoms with Crippen molar-refractivity contribution in [3.8, 4) is 11.4 Å². The zero-order valence-corrected chi connectivity index (χ0v) is 16.8. The predicted molar refractivity (Wildman–Crippen MR) is 107 cm³/mol. The van der Waals surface area contributed by atoms with E-state index in [1.54, 1.807) is 26.3 Å². The van der Waals surface area contributed by atoms with Crippen LogP contribution in [-0.4, -0.2) is 68.4 Å². The summed E-state index contributed by atoms with van der Waals surface area (Å²) in [6.07, 6.45) is 1.02. The first-order valence-electron chi connectivity index (χ1n) is 8.83. The average Bonchev–Trinajstić information content (AvgIpc) is 3.14. The highest BCUT2D eigenvalue weighted by atomic mass is 35.5. The average molecular weight is 395 g/mol. The fraction of sp³-hybridized carbons (Fsp3) is 0.500. The minimum Gasteiger partial charge on any atom is -0.385 e. The van der Waals surface area contributed by atoms with Crippen molar-refractivity contribution in [2.45, 2.75) is 13.0 Å². The molecule has 0 aliphatic heterocycles. The fourth-order valence-corrected chi connectivity index (χ4v) is 2.60. The van der Waals surface area contributed by atoms with E-state index in [1.807, 2.05) is 12.1 Å². The van der Waals surface area contributed by atoms with Crippen molar-refractivity contribution < 1.29 is 9.26 Å². The Hall–Kier alpha value is -2.16. The minimum atomic E-state index is 0.386. The summed E-state index contributed by atoms with van der Waals surface area (Å²) in [7, 11) is 5.53. The van der Waals surface area contributed by atoms with Gasteiger partial charge >= 0.3 is 0 Å². The molecule has 0 spiro atoms. The van der Waals surface area contributed by atoms with E-state index >= 15 is 0 Å². The second-order valence-corrected chi connectivity index (χ2v) is 6.46. The fourth-order valence-electron chi connectivity index (χ4n) is 2.41. The van der Waals surface area contributed by atoms with E-state index in [9.17, 15) is 0 Å². The van der Waals surface area contributed by atoms with Crippen LogP contribution in [0.1, 0.15) is 12.3 Å². The molecular formula is C18H27ClN6O2. The molecule has 0 radical (unpaired) electrons. The van der Waals surface area contributed by atoms with Gasteiger partial charge in [0.25, 0.3) is 0 Å². The van der Waals surface area contributed by atoms with Gasteiger partial charge in [0.15, 0.2) is 5.96 Å². The zero-order valence-electron chi connectivity index (χ0n) is 16.0. The molecule has 1 aromatic heterocycles. The number of halogens is 1. The van der Waals surface area contributed by atoms with Gasteiger partial charge in [-0.1, -0.05) is 28.9 Å². The number of aromatic nitrogens is 2. The number of hydrogen-bond donors (Lipinski definition) is 2. The number of rotatable bonds is 10. The lowest BCUT2D eigenvalue weighted by atomic mass is 10.2. The molecule has 1 heterocycles. The van der Waals surface area contributed by atoms with Crippen molar-refractivity contribution in [3.63, 3.8) is 0 Å². The molecule has 1 aromatic carbocycles. The molecule has 0 amide bonds. The maximum absolute atomic E-state index is 6.00. The molecule has 0 bridgehead atoms. The van der Waals surface area contributed by atoms with Crippen LogP contribution in [-0.2, 0) is 11.3 Å². The Kier molecular flexibility index (Phi) is 9.03. The Balaban J connectivity index is 1.74. The molecule has 2 N–H and O–H groups in total. The Labute approximate surface area is 164 Å². The highest BCUT2D eigenvalue weighted by molar-refractivity contribution is 6.30. The van der Waals surface area contributed by atoms with Crippen LogP contribution < -0.4 is 10.6 Å². The molecule has 2 aromatic rings. The third kappa shape index (κ3) is 7.54. The molecule has 0 aliphatic rings. The summed E-state index contributed by atoms with van der Waals surface area (Å²) < 4.78 is 10.3. The van der Waals surface area contributed by atoms with E-state index in [2.05, 4.69) is 37.7 Å². The van der Waals surface area contributed by atoms with Crippen LogP contribution in [0.2, 0.25) is 5.02 Å². The summed E-state index contributed by atoms with van der Waals surface area (Å²) in [5.41, 5.74) is 0.816. The third-order valence-corrected chi connectivity index (χ3v) is 4.09. The number of hydrogen-bond acceptors (Lipinski definition) is 6. The number of guanidine groups is 1. The van der Waals surface area contributed by atoms with Crippen LogP contribution in [0, 0.1) is 0 Å². The van der Waals surface area contributed by atoms with E-state index in [4.69, 9.17) is 20.9 Å². The number of nitrogens with one attached hydrogen (secondary N) is 2. The van der Waals surface area contributed by atoms with Gasteiger partial charge in [0.1, 0.15) is 0 Å². The van der Waals surface area contributed by atoms with Crippen molar-refractivity contribution in [1.82, 2.24) is 25.7 Å². The normalized spacial score (nSPS) is 11.8. The number of ether oxygens (including phenoxy) is 1. The van der Waals surface area contributed by atoms with E-state index in [0.29, 0.717) is 29.2 Å². The molecule has 9 heteroatoms. The Morgan fingerprint density at radius 2 is 2.19 bits per heavy atom. The molecular weight excluding hydrogens is 368 g/mol. The summed E-state index contributed by atoms with van der Waals surface area (Å²) in [5, 5.41) is 11.1.